The topological polar surface area (TPSA) is 66.5 Å². The highest BCUT2D eigenvalue weighted by Crippen LogP contribution is 2.24. The van der Waals surface area contributed by atoms with Crippen LogP contribution in [0.25, 0.3) is 0 Å². The van der Waals surface area contributed by atoms with E-state index >= 15 is 0 Å². The number of hydrogen-bond donors (Lipinski definition) is 1. The molecule has 2 rings (SSSR count). The predicted octanol–water partition coefficient (Wildman–Crippen LogP) is 1.40. The second kappa shape index (κ2) is 6.64. The molecule has 1 aliphatic heterocycles. The van der Waals surface area contributed by atoms with Gasteiger partial charge in [0.25, 0.3) is 5.91 Å². The van der Waals surface area contributed by atoms with Crippen molar-refractivity contribution < 1.29 is 23.2 Å². The van der Waals surface area contributed by atoms with E-state index in [2.05, 4.69) is 0 Å². The van der Waals surface area contributed by atoms with Crippen molar-refractivity contribution in [2.24, 2.45) is 0 Å². The molecule has 1 aromatic rings. The second-order valence-electron chi connectivity index (χ2n) is 5.25. The summed E-state index contributed by atoms with van der Waals surface area (Å²) in [6.07, 6.45) is 1.23. The standard InChI is InChI=1S/C15H16F2N2O3/c1-9(2-3-14(21)18-8-20)19-5-4-10-6-12(16)13(17)7-11(10)15(19)22/h6-9H,2-5H2,1H3,(H,18,20,21). The van der Waals surface area contributed by atoms with Crippen LogP contribution in [0.2, 0.25) is 0 Å². The van der Waals surface area contributed by atoms with Gasteiger partial charge in [-0.05, 0) is 37.5 Å². The molecule has 5 nitrogen and oxygen atoms in total. The predicted molar refractivity (Wildman–Crippen MR) is 74.0 cm³/mol. The second-order valence-corrected chi connectivity index (χ2v) is 5.25. The summed E-state index contributed by atoms with van der Waals surface area (Å²) in [6, 6.07) is 1.73. The molecule has 0 saturated heterocycles. The minimum Gasteiger partial charge on any atom is -0.336 e. The van der Waals surface area contributed by atoms with Gasteiger partial charge in [-0.15, -0.1) is 0 Å². The molecule has 1 atom stereocenters. The summed E-state index contributed by atoms with van der Waals surface area (Å²) in [5.41, 5.74) is 0.653. The molecule has 1 aromatic carbocycles. The summed E-state index contributed by atoms with van der Waals surface area (Å²) in [5, 5.41) is 2.03. The SMILES string of the molecule is CC(CCC(=O)NC=O)N1CCc2cc(F)c(F)cc2C1=O. The number of carbonyl (C=O) groups excluding carboxylic acids is 3. The van der Waals surface area contributed by atoms with E-state index in [0.29, 0.717) is 31.4 Å². The molecule has 0 saturated carbocycles. The van der Waals surface area contributed by atoms with E-state index in [0.717, 1.165) is 12.1 Å². The van der Waals surface area contributed by atoms with Gasteiger partial charge < -0.3 is 4.90 Å². The van der Waals surface area contributed by atoms with Crippen molar-refractivity contribution in [2.75, 3.05) is 6.54 Å². The monoisotopic (exact) mass is 310 g/mol. The van der Waals surface area contributed by atoms with Crippen LogP contribution in [-0.2, 0) is 16.0 Å². The summed E-state index contributed by atoms with van der Waals surface area (Å²) in [4.78, 5) is 35.3. The Hall–Kier alpha value is -2.31. The average molecular weight is 310 g/mol. The number of carbonyl (C=O) groups is 3. The van der Waals surface area contributed by atoms with Gasteiger partial charge in [0.1, 0.15) is 0 Å². The van der Waals surface area contributed by atoms with E-state index in [1.807, 2.05) is 5.32 Å². The highest BCUT2D eigenvalue weighted by molar-refractivity contribution is 5.97. The molecular weight excluding hydrogens is 294 g/mol. The van der Waals surface area contributed by atoms with Crippen LogP contribution in [0, 0.1) is 11.6 Å². The number of halogens is 2. The van der Waals surface area contributed by atoms with E-state index in [-0.39, 0.29) is 23.9 Å². The first-order valence-corrected chi connectivity index (χ1v) is 6.96. The molecule has 1 unspecified atom stereocenters. The average Bonchev–Trinajstić information content (AvgIpc) is 2.47. The number of amides is 3. The number of imide groups is 1. The lowest BCUT2D eigenvalue weighted by Crippen LogP contribution is -2.44. The number of hydrogen-bond acceptors (Lipinski definition) is 3. The zero-order valence-electron chi connectivity index (χ0n) is 12.1. The Morgan fingerprint density at radius 2 is 2.09 bits per heavy atom. The van der Waals surface area contributed by atoms with Crippen molar-refractivity contribution in [3.05, 3.63) is 34.9 Å². The maximum absolute atomic E-state index is 13.3. The summed E-state index contributed by atoms with van der Waals surface area (Å²) in [6.45, 7) is 2.16. The molecule has 118 valence electrons. The van der Waals surface area contributed by atoms with E-state index in [9.17, 15) is 23.2 Å². The third-order valence-corrected chi connectivity index (χ3v) is 3.80. The van der Waals surface area contributed by atoms with Gasteiger partial charge in [0.15, 0.2) is 11.6 Å². The zero-order chi connectivity index (χ0) is 16.3. The van der Waals surface area contributed by atoms with Gasteiger partial charge >= 0.3 is 0 Å². The first kappa shape index (κ1) is 16.1. The van der Waals surface area contributed by atoms with Crippen LogP contribution in [0.4, 0.5) is 8.78 Å². The Morgan fingerprint density at radius 1 is 1.41 bits per heavy atom. The van der Waals surface area contributed by atoms with Gasteiger partial charge in [-0.1, -0.05) is 0 Å². The Bertz CT molecular complexity index is 619. The third kappa shape index (κ3) is 3.29. The van der Waals surface area contributed by atoms with E-state index < -0.39 is 17.5 Å². The van der Waals surface area contributed by atoms with Gasteiger partial charge in [0.05, 0.1) is 0 Å². The van der Waals surface area contributed by atoms with E-state index in [1.54, 1.807) is 6.92 Å². The first-order valence-electron chi connectivity index (χ1n) is 6.96. The summed E-state index contributed by atoms with van der Waals surface area (Å²) in [5.74, 6) is -2.80. The lowest BCUT2D eigenvalue weighted by molar-refractivity contribution is -0.125. The van der Waals surface area contributed by atoms with Crippen molar-refractivity contribution >= 4 is 18.2 Å². The van der Waals surface area contributed by atoms with Crippen molar-refractivity contribution in [3.63, 3.8) is 0 Å². The van der Waals surface area contributed by atoms with Crippen molar-refractivity contribution in [2.45, 2.75) is 32.2 Å². The Kier molecular flexibility index (Phi) is 4.85. The number of benzene rings is 1. The fraction of sp³-hybridized carbons (Fsp3) is 0.400. The molecule has 0 radical (unpaired) electrons. The molecule has 1 aliphatic rings. The van der Waals surface area contributed by atoms with Crippen LogP contribution >= 0.6 is 0 Å². The minimum atomic E-state index is -1.05. The van der Waals surface area contributed by atoms with Gasteiger partial charge in [-0.2, -0.15) is 0 Å². The molecule has 3 amide bonds. The number of rotatable bonds is 5. The van der Waals surface area contributed by atoms with Crippen LogP contribution < -0.4 is 5.32 Å². The highest BCUT2D eigenvalue weighted by atomic mass is 19.2. The Morgan fingerprint density at radius 3 is 2.77 bits per heavy atom. The lowest BCUT2D eigenvalue weighted by atomic mass is 9.96. The lowest BCUT2D eigenvalue weighted by Gasteiger charge is -2.33. The summed E-state index contributed by atoms with van der Waals surface area (Å²) in [7, 11) is 0. The van der Waals surface area contributed by atoms with Gasteiger partial charge in [-0.25, -0.2) is 8.78 Å². The minimum absolute atomic E-state index is 0.105. The van der Waals surface area contributed by atoms with Crippen molar-refractivity contribution in [1.29, 1.82) is 0 Å². The molecule has 1 N–H and O–H groups in total. The number of fused-ring (bicyclic) bond motifs is 1. The van der Waals surface area contributed by atoms with E-state index in [4.69, 9.17) is 0 Å². The van der Waals surface area contributed by atoms with Crippen LogP contribution in [0.1, 0.15) is 35.7 Å². The normalized spacial score (nSPS) is 15.2. The first-order chi connectivity index (χ1) is 10.4. The quantitative estimate of drug-likeness (QED) is 0.836. The Balaban J connectivity index is 2.08. The summed E-state index contributed by atoms with van der Waals surface area (Å²) >= 11 is 0. The molecule has 1 heterocycles. The van der Waals surface area contributed by atoms with Crippen LogP contribution in [-0.4, -0.2) is 35.7 Å². The van der Waals surface area contributed by atoms with Gasteiger partial charge in [0, 0.05) is 24.6 Å². The smallest absolute Gasteiger partial charge is 0.254 e. The largest absolute Gasteiger partial charge is 0.336 e. The third-order valence-electron chi connectivity index (χ3n) is 3.80. The number of nitrogens with one attached hydrogen (secondary N) is 1. The molecule has 0 aliphatic carbocycles. The molecule has 0 bridgehead atoms. The highest BCUT2D eigenvalue weighted by Gasteiger charge is 2.29. The van der Waals surface area contributed by atoms with Gasteiger partial charge in [-0.3, -0.25) is 19.7 Å². The maximum Gasteiger partial charge on any atom is 0.254 e. The Labute approximate surface area is 126 Å². The maximum atomic E-state index is 13.3. The molecular formula is C15H16F2N2O3. The molecule has 7 heteroatoms. The van der Waals surface area contributed by atoms with Crippen molar-refractivity contribution in [1.82, 2.24) is 10.2 Å². The molecule has 0 fully saturated rings. The van der Waals surface area contributed by atoms with Crippen LogP contribution in [0.15, 0.2) is 12.1 Å². The van der Waals surface area contributed by atoms with Crippen LogP contribution in [0.3, 0.4) is 0 Å². The molecule has 22 heavy (non-hydrogen) atoms. The molecule has 0 aromatic heterocycles. The fourth-order valence-electron chi connectivity index (χ4n) is 2.55. The van der Waals surface area contributed by atoms with Gasteiger partial charge in [0.2, 0.25) is 12.3 Å². The fourth-order valence-corrected chi connectivity index (χ4v) is 2.55. The summed E-state index contributed by atoms with van der Waals surface area (Å²) < 4.78 is 26.5. The zero-order valence-corrected chi connectivity index (χ0v) is 12.1. The van der Waals surface area contributed by atoms with E-state index in [1.165, 1.54) is 4.90 Å². The van der Waals surface area contributed by atoms with Crippen LogP contribution in [0.5, 0.6) is 0 Å². The van der Waals surface area contributed by atoms with Crippen molar-refractivity contribution in [3.8, 4) is 0 Å². The number of nitrogens with zero attached hydrogens (tertiary/aromatic N) is 1. The molecule has 0 spiro atoms.